The number of amides is 1. The molecule has 1 aromatic carbocycles. The summed E-state index contributed by atoms with van der Waals surface area (Å²) in [6, 6.07) is 8.21. The highest BCUT2D eigenvalue weighted by Crippen LogP contribution is 2.24. The minimum absolute atomic E-state index is 0.246. The highest BCUT2D eigenvalue weighted by Gasteiger charge is 2.11. The minimum atomic E-state index is -0.343. The van der Waals surface area contributed by atoms with Gasteiger partial charge in [-0.05, 0) is 37.3 Å². The molecule has 0 aliphatic rings. The van der Waals surface area contributed by atoms with E-state index in [9.17, 15) is 4.79 Å². The van der Waals surface area contributed by atoms with Crippen LogP contribution in [-0.4, -0.2) is 5.91 Å². The fourth-order valence-electron chi connectivity index (χ4n) is 1.37. The molecule has 0 fully saturated rings. The Morgan fingerprint density at radius 1 is 1.35 bits per heavy atom. The fraction of sp³-hybridized carbons (Fsp3) is 0.0833. The summed E-state index contributed by atoms with van der Waals surface area (Å²) in [5, 5.41) is 3.04. The molecule has 17 heavy (non-hydrogen) atoms. The molecular weight excluding hydrogens is 240 g/mol. The number of carbonyl (C=O) groups is 1. The van der Waals surface area contributed by atoms with Crippen LogP contribution in [0, 0.1) is 6.92 Å². The first-order valence-corrected chi connectivity index (χ1v) is 5.37. The lowest BCUT2D eigenvalue weighted by atomic mass is 10.2. The highest BCUT2D eigenvalue weighted by atomic mass is 35.5. The van der Waals surface area contributed by atoms with Gasteiger partial charge < -0.3 is 15.5 Å². The van der Waals surface area contributed by atoms with Gasteiger partial charge in [-0.15, -0.1) is 0 Å². The molecule has 88 valence electrons. The molecular formula is C12H11ClN2O2. The van der Waals surface area contributed by atoms with Crippen molar-refractivity contribution in [3.63, 3.8) is 0 Å². The Kier molecular flexibility index (Phi) is 3.06. The Bertz CT molecular complexity index is 563. The number of anilines is 2. The van der Waals surface area contributed by atoms with Gasteiger partial charge in [0.15, 0.2) is 5.76 Å². The lowest BCUT2D eigenvalue weighted by Gasteiger charge is -2.06. The summed E-state index contributed by atoms with van der Waals surface area (Å²) in [5.74, 6) is 0.582. The zero-order valence-electron chi connectivity index (χ0n) is 9.16. The molecule has 2 rings (SSSR count). The van der Waals surface area contributed by atoms with E-state index in [1.165, 1.54) is 0 Å². The number of nitrogens with one attached hydrogen (secondary N) is 1. The number of aryl methyl sites for hydroxylation is 1. The normalized spacial score (nSPS) is 10.2. The molecule has 2 aromatic rings. The van der Waals surface area contributed by atoms with Gasteiger partial charge in [-0.25, -0.2) is 0 Å². The van der Waals surface area contributed by atoms with E-state index in [-0.39, 0.29) is 11.7 Å². The second-order valence-electron chi connectivity index (χ2n) is 3.60. The maximum atomic E-state index is 11.8. The summed E-state index contributed by atoms with van der Waals surface area (Å²) >= 11 is 5.94. The smallest absolute Gasteiger partial charge is 0.291 e. The Morgan fingerprint density at radius 2 is 2.12 bits per heavy atom. The average molecular weight is 251 g/mol. The van der Waals surface area contributed by atoms with Crippen LogP contribution < -0.4 is 11.1 Å². The number of rotatable bonds is 2. The standard InChI is InChI=1S/C12H11ClN2O2/c1-7-2-5-11(17-7)12(16)15-10-4-3-8(14)6-9(10)13/h2-6H,14H2,1H3,(H,15,16). The minimum Gasteiger partial charge on any atom is -0.456 e. The Balaban J connectivity index is 2.18. The summed E-state index contributed by atoms with van der Waals surface area (Å²) < 4.78 is 5.20. The third-order valence-electron chi connectivity index (χ3n) is 2.21. The Labute approximate surface area is 103 Å². The van der Waals surface area contributed by atoms with E-state index in [0.717, 1.165) is 0 Å². The van der Waals surface area contributed by atoms with Crippen molar-refractivity contribution >= 4 is 28.9 Å². The molecule has 1 aromatic heterocycles. The van der Waals surface area contributed by atoms with Gasteiger partial charge in [0.2, 0.25) is 0 Å². The zero-order chi connectivity index (χ0) is 12.4. The number of carbonyl (C=O) groups excluding carboxylic acids is 1. The SMILES string of the molecule is Cc1ccc(C(=O)Nc2ccc(N)cc2Cl)o1. The third-order valence-corrected chi connectivity index (χ3v) is 2.52. The Hall–Kier alpha value is -1.94. The van der Waals surface area contributed by atoms with E-state index < -0.39 is 0 Å². The van der Waals surface area contributed by atoms with E-state index >= 15 is 0 Å². The van der Waals surface area contributed by atoms with Gasteiger partial charge in [0.25, 0.3) is 5.91 Å². The molecule has 4 nitrogen and oxygen atoms in total. The number of halogens is 1. The lowest BCUT2D eigenvalue weighted by Crippen LogP contribution is -2.11. The number of nitrogen functional groups attached to an aromatic ring is 1. The van der Waals surface area contributed by atoms with Crippen LogP contribution in [0.4, 0.5) is 11.4 Å². The van der Waals surface area contributed by atoms with Gasteiger partial charge in [-0.3, -0.25) is 4.79 Å². The van der Waals surface area contributed by atoms with Gasteiger partial charge in [-0.1, -0.05) is 11.6 Å². The van der Waals surface area contributed by atoms with Gasteiger partial charge in [0.05, 0.1) is 10.7 Å². The van der Waals surface area contributed by atoms with E-state index in [2.05, 4.69) is 5.32 Å². The van der Waals surface area contributed by atoms with Crippen molar-refractivity contribution in [1.29, 1.82) is 0 Å². The van der Waals surface area contributed by atoms with Gasteiger partial charge >= 0.3 is 0 Å². The van der Waals surface area contributed by atoms with Crippen molar-refractivity contribution in [1.82, 2.24) is 0 Å². The number of nitrogens with two attached hydrogens (primary N) is 1. The molecule has 0 aliphatic carbocycles. The first-order valence-electron chi connectivity index (χ1n) is 4.99. The predicted molar refractivity (Wildman–Crippen MR) is 67.3 cm³/mol. The van der Waals surface area contributed by atoms with Crippen molar-refractivity contribution in [3.8, 4) is 0 Å². The molecule has 0 spiro atoms. The molecule has 3 N–H and O–H groups in total. The van der Waals surface area contributed by atoms with Crippen LogP contribution in [0.1, 0.15) is 16.3 Å². The zero-order valence-corrected chi connectivity index (χ0v) is 9.91. The van der Waals surface area contributed by atoms with Crippen LogP contribution >= 0.6 is 11.6 Å². The maximum Gasteiger partial charge on any atom is 0.291 e. The lowest BCUT2D eigenvalue weighted by molar-refractivity contribution is 0.0995. The third kappa shape index (κ3) is 2.60. The van der Waals surface area contributed by atoms with Gasteiger partial charge in [0.1, 0.15) is 5.76 Å². The molecule has 0 saturated carbocycles. The van der Waals surface area contributed by atoms with Crippen molar-refractivity contribution in [3.05, 3.63) is 46.9 Å². The molecule has 0 radical (unpaired) electrons. The number of furan rings is 1. The van der Waals surface area contributed by atoms with E-state index in [0.29, 0.717) is 22.2 Å². The second kappa shape index (κ2) is 4.51. The van der Waals surface area contributed by atoms with Crippen LogP contribution in [0.25, 0.3) is 0 Å². The summed E-state index contributed by atoms with van der Waals surface area (Å²) in [7, 11) is 0. The topological polar surface area (TPSA) is 68.3 Å². The predicted octanol–water partition coefficient (Wildman–Crippen LogP) is 3.08. The van der Waals surface area contributed by atoms with E-state index in [1.807, 2.05) is 0 Å². The van der Waals surface area contributed by atoms with Crippen LogP contribution in [0.5, 0.6) is 0 Å². The molecule has 0 bridgehead atoms. The van der Waals surface area contributed by atoms with Crippen LogP contribution in [0.15, 0.2) is 34.7 Å². The first-order chi connectivity index (χ1) is 8.06. The molecule has 0 atom stereocenters. The molecule has 0 aliphatic heterocycles. The van der Waals surface area contributed by atoms with Crippen LogP contribution in [0.3, 0.4) is 0 Å². The molecule has 5 heteroatoms. The number of benzene rings is 1. The van der Waals surface area contributed by atoms with Gasteiger partial charge in [0, 0.05) is 5.69 Å². The molecule has 1 heterocycles. The average Bonchev–Trinajstić information content (AvgIpc) is 2.69. The van der Waals surface area contributed by atoms with Crippen molar-refractivity contribution < 1.29 is 9.21 Å². The summed E-state index contributed by atoms with van der Waals surface area (Å²) in [6.07, 6.45) is 0. The molecule has 1 amide bonds. The quantitative estimate of drug-likeness (QED) is 0.805. The highest BCUT2D eigenvalue weighted by molar-refractivity contribution is 6.34. The van der Waals surface area contributed by atoms with Gasteiger partial charge in [-0.2, -0.15) is 0 Å². The van der Waals surface area contributed by atoms with E-state index in [1.54, 1.807) is 37.3 Å². The van der Waals surface area contributed by atoms with Crippen molar-refractivity contribution in [2.75, 3.05) is 11.1 Å². The van der Waals surface area contributed by atoms with E-state index in [4.69, 9.17) is 21.8 Å². The summed E-state index contributed by atoms with van der Waals surface area (Å²) in [5.41, 5.74) is 6.60. The summed E-state index contributed by atoms with van der Waals surface area (Å²) in [4.78, 5) is 11.8. The second-order valence-corrected chi connectivity index (χ2v) is 4.01. The molecule has 0 unspecified atom stereocenters. The van der Waals surface area contributed by atoms with Crippen LogP contribution in [-0.2, 0) is 0 Å². The fourth-order valence-corrected chi connectivity index (χ4v) is 1.61. The Morgan fingerprint density at radius 3 is 2.71 bits per heavy atom. The molecule has 0 saturated heterocycles. The van der Waals surface area contributed by atoms with Crippen molar-refractivity contribution in [2.45, 2.75) is 6.92 Å². The maximum absolute atomic E-state index is 11.8. The first kappa shape index (κ1) is 11.5. The monoisotopic (exact) mass is 250 g/mol. The largest absolute Gasteiger partial charge is 0.456 e. The summed E-state index contributed by atoms with van der Waals surface area (Å²) in [6.45, 7) is 1.77. The number of hydrogen-bond donors (Lipinski definition) is 2. The van der Waals surface area contributed by atoms with Crippen LogP contribution in [0.2, 0.25) is 5.02 Å². The number of hydrogen-bond acceptors (Lipinski definition) is 3. The van der Waals surface area contributed by atoms with Crippen molar-refractivity contribution in [2.24, 2.45) is 0 Å².